The van der Waals surface area contributed by atoms with Crippen LogP contribution in [0.15, 0.2) is 53.6 Å². The van der Waals surface area contributed by atoms with E-state index in [1.807, 2.05) is 0 Å². The first kappa shape index (κ1) is 12.3. The van der Waals surface area contributed by atoms with E-state index >= 15 is 0 Å². The molecular formula is C18H16N2O. The minimum atomic E-state index is -0.182. The molecule has 0 saturated carbocycles. The third kappa shape index (κ3) is 1.74. The zero-order valence-corrected chi connectivity index (χ0v) is 12.1. The minimum absolute atomic E-state index is 0.0901. The van der Waals surface area contributed by atoms with Crippen LogP contribution in [-0.4, -0.2) is 9.55 Å². The molecule has 0 radical (unpaired) electrons. The fraction of sp³-hybridized carbons (Fsp3) is 0.222. The van der Waals surface area contributed by atoms with Crippen molar-refractivity contribution < 1.29 is 0 Å². The van der Waals surface area contributed by atoms with E-state index in [9.17, 15) is 4.79 Å². The Kier molecular flexibility index (Phi) is 2.37. The fourth-order valence-electron chi connectivity index (χ4n) is 3.37. The van der Waals surface area contributed by atoms with Gasteiger partial charge in [-0.2, -0.15) is 4.98 Å². The number of hydrogen-bond acceptors (Lipinski definition) is 2. The van der Waals surface area contributed by atoms with Crippen LogP contribution in [0.1, 0.15) is 19.4 Å². The molecule has 3 nitrogen and oxygen atoms in total. The second kappa shape index (κ2) is 4.04. The Balaban J connectivity index is 2.14. The molecule has 0 atom stereocenters. The Hall–Kier alpha value is -2.42. The molecule has 3 aromatic rings. The van der Waals surface area contributed by atoms with E-state index in [2.05, 4.69) is 59.8 Å². The summed E-state index contributed by atoms with van der Waals surface area (Å²) in [6, 6.07) is 14.3. The van der Waals surface area contributed by atoms with Crippen molar-refractivity contribution in [2.24, 2.45) is 0 Å². The molecule has 1 aromatic heterocycles. The van der Waals surface area contributed by atoms with Crippen molar-refractivity contribution in [3.63, 3.8) is 0 Å². The van der Waals surface area contributed by atoms with Crippen LogP contribution in [0.2, 0.25) is 0 Å². The maximum absolute atomic E-state index is 11.7. The molecule has 2 aromatic carbocycles. The molecule has 1 aliphatic heterocycles. The van der Waals surface area contributed by atoms with Crippen LogP contribution in [0, 0.1) is 0 Å². The number of benzene rings is 2. The summed E-state index contributed by atoms with van der Waals surface area (Å²) >= 11 is 0. The van der Waals surface area contributed by atoms with Crippen molar-refractivity contribution in [1.29, 1.82) is 0 Å². The van der Waals surface area contributed by atoms with Crippen LogP contribution in [0.5, 0.6) is 0 Å². The smallest absolute Gasteiger partial charge is 0.273 e. The van der Waals surface area contributed by atoms with Crippen molar-refractivity contribution in [2.75, 3.05) is 0 Å². The Bertz CT molecular complexity index is 922. The monoisotopic (exact) mass is 276 g/mol. The largest absolute Gasteiger partial charge is 0.326 e. The van der Waals surface area contributed by atoms with Crippen molar-refractivity contribution in [3.05, 3.63) is 64.7 Å². The molecule has 0 saturated heterocycles. The molecular weight excluding hydrogens is 260 g/mol. The Morgan fingerprint density at radius 1 is 1.14 bits per heavy atom. The van der Waals surface area contributed by atoms with Gasteiger partial charge in [-0.1, -0.05) is 36.4 Å². The first-order valence-electron chi connectivity index (χ1n) is 7.16. The first-order valence-corrected chi connectivity index (χ1v) is 7.16. The van der Waals surface area contributed by atoms with Gasteiger partial charge in [0.25, 0.3) is 5.56 Å². The van der Waals surface area contributed by atoms with E-state index < -0.39 is 0 Å². The molecule has 2 heterocycles. The highest BCUT2D eigenvalue weighted by Crippen LogP contribution is 2.39. The van der Waals surface area contributed by atoms with Gasteiger partial charge in [0.2, 0.25) is 0 Å². The quantitative estimate of drug-likeness (QED) is 0.631. The average Bonchev–Trinajstić information content (AvgIpc) is 2.46. The molecule has 21 heavy (non-hydrogen) atoms. The molecule has 0 fully saturated rings. The molecule has 0 bridgehead atoms. The molecule has 0 amide bonds. The van der Waals surface area contributed by atoms with E-state index in [1.54, 1.807) is 12.4 Å². The first-order chi connectivity index (χ1) is 10.1. The van der Waals surface area contributed by atoms with E-state index in [4.69, 9.17) is 0 Å². The topological polar surface area (TPSA) is 34.9 Å². The number of rotatable bonds is 0. The van der Waals surface area contributed by atoms with E-state index in [-0.39, 0.29) is 11.1 Å². The molecule has 4 rings (SSSR count). The zero-order valence-electron chi connectivity index (χ0n) is 12.1. The summed E-state index contributed by atoms with van der Waals surface area (Å²) in [4.78, 5) is 15.6. The molecule has 0 spiro atoms. The van der Waals surface area contributed by atoms with Crippen LogP contribution in [0.3, 0.4) is 0 Å². The van der Waals surface area contributed by atoms with Gasteiger partial charge in [0.15, 0.2) is 0 Å². The molecule has 0 unspecified atom stereocenters. The second-order valence-electron chi connectivity index (χ2n) is 6.28. The highest BCUT2D eigenvalue weighted by atomic mass is 16.1. The SMILES string of the molecule is CC1(C)Cc2c(ccc3ccccc23)-c2cc(=O)ncn21. The highest BCUT2D eigenvalue weighted by Gasteiger charge is 2.30. The molecule has 104 valence electrons. The second-order valence-corrected chi connectivity index (χ2v) is 6.28. The third-order valence-electron chi connectivity index (χ3n) is 4.40. The lowest BCUT2D eigenvalue weighted by Crippen LogP contribution is -2.35. The molecule has 3 heteroatoms. The molecule has 0 aliphatic carbocycles. The van der Waals surface area contributed by atoms with Crippen molar-refractivity contribution in [1.82, 2.24) is 9.55 Å². The predicted molar refractivity (Wildman–Crippen MR) is 84.5 cm³/mol. The summed E-state index contributed by atoms with van der Waals surface area (Å²) in [5.74, 6) is 0. The minimum Gasteiger partial charge on any atom is -0.326 e. The van der Waals surface area contributed by atoms with E-state index in [0.717, 1.165) is 17.7 Å². The summed E-state index contributed by atoms with van der Waals surface area (Å²) < 4.78 is 2.12. The van der Waals surface area contributed by atoms with Gasteiger partial charge in [0, 0.05) is 17.2 Å². The maximum Gasteiger partial charge on any atom is 0.273 e. The molecule has 1 aliphatic rings. The van der Waals surface area contributed by atoms with Gasteiger partial charge in [-0.25, -0.2) is 0 Å². The van der Waals surface area contributed by atoms with Gasteiger partial charge >= 0.3 is 0 Å². The van der Waals surface area contributed by atoms with Crippen LogP contribution < -0.4 is 5.56 Å². The Morgan fingerprint density at radius 2 is 1.95 bits per heavy atom. The van der Waals surface area contributed by atoms with Gasteiger partial charge < -0.3 is 4.57 Å². The van der Waals surface area contributed by atoms with E-state index in [0.29, 0.717) is 0 Å². The highest BCUT2D eigenvalue weighted by molar-refractivity contribution is 5.92. The molecule has 0 N–H and O–H groups in total. The van der Waals surface area contributed by atoms with Crippen LogP contribution in [-0.2, 0) is 12.0 Å². The summed E-state index contributed by atoms with van der Waals surface area (Å²) in [6.07, 6.45) is 2.61. The van der Waals surface area contributed by atoms with Gasteiger partial charge in [-0.05, 0) is 36.6 Å². The van der Waals surface area contributed by atoms with Crippen LogP contribution in [0.4, 0.5) is 0 Å². The lowest BCUT2D eigenvalue weighted by atomic mass is 9.83. The van der Waals surface area contributed by atoms with Crippen molar-refractivity contribution >= 4 is 10.8 Å². The van der Waals surface area contributed by atoms with Crippen LogP contribution in [0.25, 0.3) is 22.0 Å². The van der Waals surface area contributed by atoms with E-state index in [1.165, 1.54) is 16.3 Å². The third-order valence-corrected chi connectivity index (χ3v) is 4.40. The summed E-state index contributed by atoms with van der Waals surface area (Å²) in [5, 5.41) is 2.52. The van der Waals surface area contributed by atoms with Crippen molar-refractivity contribution in [2.45, 2.75) is 25.8 Å². The summed E-state index contributed by atoms with van der Waals surface area (Å²) in [7, 11) is 0. The standard InChI is InChI=1S/C18H16N2O/c1-18(2)10-15-13-6-4-3-5-12(13)7-8-14(15)16-9-17(21)19-11-20(16)18/h3-9,11H,10H2,1-2H3. The summed E-state index contributed by atoms with van der Waals surface area (Å²) in [6.45, 7) is 4.38. The van der Waals surface area contributed by atoms with Crippen molar-refractivity contribution in [3.8, 4) is 11.3 Å². The van der Waals surface area contributed by atoms with Gasteiger partial charge in [0.05, 0.1) is 12.0 Å². The lowest BCUT2D eigenvalue weighted by molar-refractivity contribution is 0.343. The zero-order chi connectivity index (χ0) is 14.6. The summed E-state index contributed by atoms with van der Waals surface area (Å²) in [5.41, 5.74) is 3.16. The van der Waals surface area contributed by atoms with Crippen LogP contribution >= 0.6 is 0 Å². The maximum atomic E-state index is 11.7. The number of fused-ring (bicyclic) bond motifs is 5. The average molecular weight is 276 g/mol. The lowest BCUT2D eigenvalue weighted by Gasteiger charge is -2.36. The van der Waals surface area contributed by atoms with Gasteiger partial charge in [-0.3, -0.25) is 4.79 Å². The fourth-order valence-corrected chi connectivity index (χ4v) is 3.37. The number of nitrogens with zero attached hydrogens (tertiary/aromatic N) is 2. The Morgan fingerprint density at radius 3 is 2.81 bits per heavy atom. The number of hydrogen-bond donors (Lipinski definition) is 0. The normalized spacial score (nSPS) is 15.5. The number of aromatic nitrogens is 2. The van der Waals surface area contributed by atoms with Gasteiger partial charge in [-0.15, -0.1) is 0 Å². The Labute approximate surface area is 122 Å². The van der Waals surface area contributed by atoms with Gasteiger partial charge in [0.1, 0.15) is 0 Å². The predicted octanol–water partition coefficient (Wildman–Crippen LogP) is 3.35.